The van der Waals surface area contributed by atoms with Crippen molar-refractivity contribution in [2.45, 2.75) is 43.4 Å². The third kappa shape index (κ3) is 1.67. The summed E-state index contributed by atoms with van der Waals surface area (Å²) in [6.07, 6.45) is 7.41. The summed E-state index contributed by atoms with van der Waals surface area (Å²) in [4.78, 5) is 0. The van der Waals surface area contributed by atoms with Gasteiger partial charge in [0.25, 0.3) is 0 Å². The summed E-state index contributed by atoms with van der Waals surface area (Å²) in [7, 11) is 0. The van der Waals surface area contributed by atoms with E-state index in [1.807, 2.05) is 0 Å². The highest BCUT2D eigenvalue weighted by Gasteiger charge is 2.58. The molecule has 2 aliphatic carbocycles. The average molecular weight is 274 g/mol. The van der Waals surface area contributed by atoms with Crippen molar-refractivity contribution in [3.8, 4) is 0 Å². The molecule has 0 bridgehead atoms. The Bertz CT molecular complexity index is 566. The molecule has 1 heterocycles. The maximum Gasteiger partial charge on any atom is 0.127 e. The van der Waals surface area contributed by atoms with Gasteiger partial charge in [-0.3, -0.25) is 0 Å². The summed E-state index contributed by atoms with van der Waals surface area (Å²) in [5.41, 5.74) is 2.04. The molecular formula is C16H19FN2O. The second kappa shape index (κ2) is 4.22. The van der Waals surface area contributed by atoms with Crippen LogP contribution in [0, 0.1) is 11.7 Å². The van der Waals surface area contributed by atoms with Crippen molar-refractivity contribution >= 4 is 0 Å². The van der Waals surface area contributed by atoms with Crippen molar-refractivity contribution in [1.82, 2.24) is 10.6 Å². The first-order chi connectivity index (χ1) is 9.71. The standard InChI is InChI=1S/C16H19FN2O/c17-11-3-4-12(14(20)15-18-6-7-19-15)13(8-11)16-5-1-2-10(16)9-16/h3-4,6-8,10,14-15,18-20H,1-2,5,9H2. The minimum atomic E-state index is -0.670. The lowest BCUT2D eigenvalue weighted by molar-refractivity contribution is 0.128. The van der Waals surface area contributed by atoms with Crippen LogP contribution in [0.1, 0.15) is 42.9 Å². The zero-order valence-corrected chi connectivity index (χ0v) is 11.3. The molecule has 3 N–H and O–H groups in total. The van der Waals surface area contributed by atoms with Gasteiger partial charge in [-0.05, 0) is 53.9 Å². The SMILES string of the molecule is OC(c1ccc(F)cc1C12CCCC1C2)C1NC=CN1. The molecule has 0 aromatic heterocycles. The number of hydrogen-bond donors (Lipinski definition) is 3. The Morgan fingerprint density at radius 1 is 1.30 bits per heavy atom. The highest BCUT2D eigenvalue weighted by Crippen LogP contribution is 2.65. The first kappa shape index (κ1) is 12.2. The summed E-state index contributed by atoms with van der Waals surface area (Å²) in [6.45, 7) is 0. The second-order valence-electron chi connectivity index (χ2n) is 6.27. The Hall–Kier alpha value is -1.55. The van der Waals surface area contributed by atoms with E-state index in [4.69, 9.17) is 0 Å². The summed E-state index contributed by atoms with van der Waals surface area (Å²) in [5.74, 6) is 0.492. The molecule has 0 saturated heterocycles. The van der Waals surface area contributed by atoms with E-state index in [-0.39, 0.29) is 17.4 Å². The molecule has 3 aliphatic rings. The number of benzene rings is 1. The predicted molar refractivity (Wildman–Crippen MR) is 74.2 cm³/mol. The predicted octanol–water partition coefficient (Wildman–Crippen LogP) is 2.29. The first-order valence-corrected chi connectivity index (χ1v) is 7.36. The number of aliphatic hydroxyl groups is 1. The van der Waals surface area contributed by atoms with Gasteiger partial charge in [0.2, 0.25) is 0 Å². The molecule has 3 unspecified atom stereocenters. The van der Waals surface area contributed by atoms with Crippen LogP contribution in [0.15, 0.2) is 30.6 Å². The molecule has 20 heavy (non-hydrogen) atoms. The summed E-state index contributed by atoms with van der Waals surface area (Å²) in [6, 6.07) is 4.85. The largest absolute Gasteiger partial charge is 0.384 e. The van der Waals surface area contributed by atoms with E-state index in [9.17, 15) is 9.50 Å². The van der Waals surface area contributed by atoms with Crippen molar-refractivity contribution < 1.29 is 9.50 Å². The fourth-order valence-electron chi connectivity index (χ4n) is 4.12. The van der Waals surface area contributed by atoms with Gasteiger partial charge in [0.1, 0.15) is 18.1 Å². The third-order valence-corrected chi connectivity index (χ3v) is 5.23. The number of hydrogen-bond acceptors (Lipinski definition) is 3. The summed E-state index contributed by atoms with van der Waals surface area (Å²) < 4.78 is 13.7. The molecule has 1 aliphatic heterocycles. The van der Waals surface area contributed by atoms with E-state index >= 15 is 0 Å². The topological polar surface area (TPSA) is 44.3 Å². The molecule has 2 saturated carbocycles. The number of aliphatic hydroxyl groups excluding tert-OH is 1. The molecule has 3 nitrogen and oxygen atoms in total. The third-order valence-electron chi connectivity index (χ3n) is 5.23. The van der Waals surface area contributed by atoms with Gasteiger partial charge in [-0.15, -0.1) is 0 Å². The fourth-order valence-corrected chi connectivity index (χ4v) is 4.12. The van der Waals surface area contributed by atoms with Crippen LogP contribution in [0.2, 0.25) is 0 Å². The first-order valence-electron chi connectivity index (χ1n) is 7.36. The molecule has 4 heteroatoms. The average Bonchev–Trinajstić information content (AvgIpc) is 2.88. The summed E-state index contributed by atoms with van der Waals surface area (Å²) in [5, 5.41) is 16.8. The van der Waals surface area contributed by atoms with Gasteiger partial charge < -0.3 is 15.7 Å². The maximum absolute atomic E-state index is 13.7. The molecule has 0 spiro atoms. The van der Waals surface area contributed by atoms with Crippen LogP contribution in [-0.4, -0.2) is 11.3 Å². The van der Waals surface area contributed by atoms with Crippen LogP contribution in [0.4, 0.5) is 4.39 Å². The minimum Gasteiger partial charge on any atom is -0.384 e. The number of nitrogens with one attached hydrogen (secondary N) is 2. The van der Waals surface area contributed by atoms with E-state index < -0.39 is 6.10 Å². The number of fused-ring (bicyclic) bond motifs is 1. The zero-order chi connectivity index (χ0) is 13.7. The molecule has 1 aromatic rings. The molecule has 1 aromatic carbocycles. The molecule has 2 fully saturated rings. The van der Waals surface area contributed by atoms with Gasteiger partial charge in [-0.1, -0.05) is 12.5 Å². The lowest BCUT2D eigenvalue weighted by Gasteiger charge is -2.25. The van der Waals surface area contributed by atoms with E-state index in [0.29, 0.717) is 5.92 Å². The van der Waals surface area contributed by atoms with Crippen molar-refractivity contribution in [3.63, 3.8) is 0 Å². The fraction of sp³-hybridized carbons (Fsp3) is 0.500. The zero-order valence-electron chi connectivity index (χ0n) is 11.3. The lowest BCUT2D eigenvalue weighted by atomic mass is 9.86. The lowest BCUT2D eigenvalue weighted by Crippen LogP contribution is -2.38. The molecule has 0 radical (unpaired) electrons. The smallest absolute Gasteiger partial charge is 0.127 e. The Morgan fingerprint density at radius 2 is 2.10 bits per heavy atom. The number of halogens is 1. The van der Waals surface area contributed by atoms with Crippen molar-refractivity contribution in [1.29, 1.82) is 0 Å². The van der Waals surface area contributed by atoms with Gasteiger partial charge in [0.15, 0.2) is 0 Å². The van der Waals surface area contributed by atoms with Crippen LogP contribution in [-0.2, 0) is 5.41 Å². The van der Waals surface area contributed by atoms with Gasteiger partial charge in [-0.2, -0.15) is 0 Å². The van der Waals surface area contributed by atoms with Crippen molar-refractivity contribution in [2.24, 2.45) is 5.92 Å². The van der Waals surface area contributed by atoms with E-state index in [0.717, 1.165) is 24.0 Å². The minimum absolute atomic E-state index is 0.143. The Balaban J connectivity index is 1.72. The van der Waals surface area contributed by atoms with Gasteiger partial charge in [0.05, 0.1) is 0 Å². The van der Waals surface area contributed by atoms with Crippen molar-refractivity contribution in [3.05, 3.63) is 47.5 Å². The van der Waals surface area contributed by atoms with Crippen molar-refractivity contribution in [2.75, 3.05) is 0 Å². The van der Waals surface area contributed by atoms with E-state index in [1.54, 1.807) is 24.5 Å². The van der Waals surface area contributed by atoms with Crippen LogP contribution >= 0.6 is 0 Å². The van der Waals surface area contributed by atoms with Gasteiger partial charge in [0, 0.05) is 12.4 Å². The Kier molecular flexibility index (Phi) is 2.58. The van der Waals surface area contributed by atoms with Gasteiger partial charge >= 0.3 is 0 Å². The second-order valence-corrected chi connectivity index (χ2v) is 6.27. The van der Waals surface area contributed by atoms with Gasteiger partial charge in [-0.25, -0.2) is 4.39 Å². The number of rotatable bonds is 3. The highest BCUT2D eigenvalue weighted by molar-refractivity contribution is 5.43. The van der Waals surface area contributed by atoms with Crippen LogP contribution in [0.25, 0.3) is 0 Å². The Morgan fingerprint density at radius 3 is 2.75 bits per heavy atom. The summed E-state index contributed by atoms with van der Waals surface area (Å²) >= 11 is 0. The highest BCUT2D eigenvalue weighted by atomic mass is 19.1. The quantitative estimate of drug-likeness (QED) is 0.792. The monoisotopic (exact) mass is 274 g/mol. The van der Waals surface area contributed by atoms with Crippen LogP contribution < -0.4 is 10.6 Å². The molecule has 0 amide bonds. The molecule has 3 atom stereocenters. The van der Waals surface area contributed by atoms with E-state index in [1.165, 1.54) is 18.9 Å². The Labute approximate surface area is 117 Å². The normalized spacial score (nSPS) is 32.6. The van der Waals surface area contributed by atoms with Crippen LogP contribution in [0.5, 0.6) is 0 Å². The molecule has 106 valence electrons. The molecular weight excluding hydrogens is 255 g/mol. The van der Waals surface area contributed by atoms with E-state index in [2.05, 4.69) is 10.6 Å². The molecule has 4 rings (SSSR count). The maximum atomic E-state index is 13.7. The van der Waals surface area contributed by atoms with Crippen LogP contribution in [0.3, 0.4) is 0 Å².